The Morgan fingerprint density at radius 3 is 2.21 bits per heavy atom. The molecular weight excluding hydrogens is 349 g/mol. The molecule has 0 radical (unpaired) electrons. The van der Waals surface area contributed by atoms with Gasteiger partial charge in [0.25, 0.3) is 5.06 Å². The summed E-state index contributed by atoms with van der Waals surface area (Å²) in [5, 5.41) is -1.41. The minimum absolute atomic E-state index is 0.536. The summed E-state index contributed by atoms with van der Waals surface area (Å²) in [4.78, 5) is 1.96. The number of hydrogen-bond acceptors (Lipinski definition) is 4. The van der Waals surface area contributed by atoms with E-state index in [2.05, 4.69) is 0 Å². The predicted octanol–water partition coefficient (Wildman–Crippen LogP) is 3.93. The molecule has 0 aliphatic carbocycles. The van der Waals surface area contributed by atoms with Gasteiger partial charge in [-0.25, -0.2) is 0 Å². The van der Waals surface area contributed by atoms with Crippen LogP contribution in [0, 0.1) is 0 Å². The van der Waals surface area contributed by atoms with Gasteiger partial charge in [0.05, 0.1) is 6.61 Å². The lowest BCUT2D eigenvalue weighted by Crippen LogP contribution is -2.56. The van der Waals surface area contributed by atoms with Crippen LogP contribution in [0.4, 0.5) is 0 Å². The molecule has 0 N–H and O–H groups in total. The molecule has 1 saturated heterocycles. The normalized spacial score (nSPS) is 21.9. The Kier molecular flexibility index (Phi) is 5.51. The fourth-order valence-corrected chi connectivity index (χ4v) is 3.16. The van der Waals surface area contributed by atoms with Crippen molar-refractivity contribution in [2.75, 3.05) is 20.2 Å². The summed E-state index contributed by atoms with van der Waals surface area (Å²) in [5.41, 5.74) is -0.965. The molecule has 6 heteroatoms. The number of benzene rings is 2. The van der Waals surface area contributed by atoms with E-state index in [1.165, 1.54) is 0 Å². The van der Waals surface area contributed by atoms with Gasteiger partial charge >= 0.3 is 0 Å². The van der Waals surface area contributed by atoms with Gasteiger partial charge in [0.15, 0.2) is 6.23 Å². The fraction of sp³-hybridized carbons (Fsp3) is 0.333. The van der Waals surface area contributed by atoms with Crippen LogP contribution < -0.4 is 9.47 Å². The van der Waals surface area contributed by atoms with Crippen LogP contribution >= 0.6 is 23.2 Å². The molecule has 4 nitrogen and oxygen atoms in total. The maximum absolute atomic E-state index is 6.83. The van der Waals surface area contributed by atoms with Crippen molar-refractivity contribution in [3.05, 3.63) is 60.7 Å². The van der Waals surface area contributed by atoms with Gasteiger partial charge in [0.2, 0.25) is 5.56 Å². The van der Waals surface area contributed by atoms with Gasteiger partial charge in [-0.1, -0.05) is 59.6 Å². The molecule has 0 saturated carbocycles. The van der Waals surface area contributed by atoms with Crippen molar-refractivity contribution in [3.8, 4) is 11.5 Å². The largest absolute Gasteiger partial charge is 0.469 e. The molecule has 0 bridgehead atoms. The number of hydrogen-bond donors (Lipinski definition) is 0. The number of ether oxygens (including phenoxy) is 3. The van der Waals surface area contributed by atoms with E-state index in [4.69, 9.17) is 37.4 Å². The Morgan fingerprint density at radius 1 is 1.08 bits per heavy atom. The Labute approximate surface area is 151 Å². The highest BCUT2D eigenvalue weighted by molar-refractivity contribution is 6.31. The summed E-state index contributed by atoms with van der Waals surface area (Å²) in [6.07, 6.45) is -0.536. The molecule has 2 aromatic rings. The van der Waals surface area contributed by atoms with Crippen molar-refractivity contribution in [2.24, 2.45) is 0 Å². The minimum atomic E-state index is -1.41. The first-order chi connectivity index (χ1) is 11.6. The van der Waals surface area contributed by atoms with E-state index in [1.807, 2.05) is 72.6 Å². The molecule has 3 rings (SSSR count). The maximum Gasteiger partial charge on any atom is 0.272 e. The molecule has 3 atom stereocenters. The quantitative estimate of drug-likeness (QED) is 0.723. The summed E-state index contributed by atoms with van der Waals surface area (Å²) in [6.45, 7) is 1.30. The van der Waals surface area contributed by atoms with Crippen molar-refractivity contribution in [2.45, 2.75) is 16.9 Å². The van der Waals surface area contributed by atoms with Gasteiger partial charge in [-0.2, -0.15) is 0 Å². The molecule has 0 amide bonds. The second-order valence-electron chi connectivity index (χ2n) is 5.56. The first-order valence-corrected chi connectivity index (χ1v) is 8.51. The molecule has 1 aliphatic rings. The summed E-state index contributed by atoms with van der Waals surface area (Å²) in [5.74, 6) is 1.21. The number of nitrogens with zero attached hydrogens (tertiary/aromatic N) is 1. The lowest BCUT2D eigenvalue weighted by atomic mass is 10.2. The topological polar surface area (TPSA) is 30.9 Å². The predicted molar refractivity (Wildman–Crippen MR) is 94.7 cm³/mol. The smallest absolute Gasteiger partial charge is 0.272 e. The standard InChI is InChI=1S/C18H19Cl2NO3/c1-21-12-13-22-17(21)18(20,24-15-10-6-3-7-11-15)16(19)23-14-8-4-2-5-9-14/h2-11,16-17H,12-13H2,1H3/t16-,17?,18-/m1/s1. The van der Waals surface area contributed by atoms with E-state index in [1.54, 1.807) is 0 Å². The number of para-hydroxylation sites is 2. The van der Waals surface area contributed by atoms with Crippen LogP contribution in [0.1, 0.15) is 0 Å². The minimum Gasteiger partial charge on any atom is -0.469 e. The van der Waals surface area contributed by atoms with Crippen molar-refractivity contribution < 1.29 is 14.2 Å². The average Bonchev–Trinajstić information content (AvgIpc) is 3.03. The van der Waals surface area contributed by atoms with Crippen molar-refractivity contribution in [1.82, 2.24) is 4.90 Å². The van der Waals surface area contributed by atoms with Gasteiger partial charge in [0.1, 0.15) is 11.5 Å². The molecular formula is C18H19Cl2NO3. The molecule has 0 aromatic heterocycles. The molecule has 0 spiro atoms. The van der Waals surface area contributed by atoms with Gasteiger partial charge in [-0.05, 0) is 31.3 Å². The lowest BCUT2D eigenvalue weighted by Gasteiger charge is -2.38. The number of halogens is 2. The molecule has 1 aliphatic heterocycles. The summed E-state index contributed by atoms with van der Waals surface area (Å²) in [6, 6.07) is 18.5. The van der Waals surface area contributed by atoms with Gasteiger partial charge in [-0.3, -0.25) is 4.90 Å². The molecule has 1 unspecified atom stereocenters. The van der Waals surface area contributed by atoms with Crippen molar-refractivity contribution in [3.63, 3.8) is 0 Å². The Morgan fingerprint density at radius 2 is 1.67 bits per heavy atom. The number of likely N-dealkylation sites (N-methyl/N-ethyl adjacent to an activating group) is 1. The highest BCUT2D eigenvalue weighted by Crippen LogP contribution is 2.37. The van der Waals surface area contributed by atoms with Crippen molar-refractivity contribution in [1.29, 1.82) is 0 Å². The van der Waals surface area contributed by atoms with Crippen LogP contribution in [0.25, 0.3) is 0 Å². The summed E-state index contributed by atoms with van der Waals surface area (Å²) >= 11 is 13.4. The van der Waals surface area contributed by atoms with Crippen LogP contribution in [-0.2, 0) is 4.74 Å². The number of alkyl halides is 2. The average molecular weight is 368 g/mol. The van der Waals surface area contributed by atoms with E-state index in [-0.39, 0.29) is 0 Å². The third kappa shape index (κ3) is 3.78. The van der Waals surface area contributed by atoms with E-state index in [0.717, 1.165) is 6.54 Å². The van der Waals surface area contributed by atoms with E-state index >= 15 is 0 Å². The third-order valence-corrected chi connectivity index (χ3v) is 4.75. The molecule has 128 valence electrons. The van der Waals surface area contributed by atoms with Crippen LogP contribution in [0.3, 0.4) is 0 Å². The SMILES string of the molecule is CN1CCOC1[C@](Cl)(Oc1ccccc1)[C@H](Cl)Oc1ccccc1. The molecule has 1 fully saturated rings. The Hall–Kier alpha value is -1.46. The maximum atomic E-state index is 6.83. The van der Waals surface area contributed by atoms with Gasteiger partial charge in [0, 0.05) is 6.54 Å². The number of rotatable bonds is 6. The van der Waals surface area contributed by atoms with Crippen LogP contribution in [-0.4, -0.2) is 42.0 Å². The monoisotopic (exact) mass is 367 g/mol. The van der Waals surface area contributed by atoms with E-state index in [9.17, 15) is 0 Å². The zero-order valence-corrected chi connectivity index (χ0v) is 14.8. The van der Waals surface area contributed by atoms with Crippen LogP contribution in [0.2, 0.25) is 0 Å². The lowest BCUT2D eigenvalue weighted by molar-refractivity contribution is -0.0927. The van der Waals surface area contributed by atoms with Crippen LogP contribution in [0.15, 0.2) is 60.7 Å². The molecule has 1 heterocycles. The van der Waals surface area contributed by atoms with Gasteiger partial charge in [-0.15, -0.1) is 0 Å². The zero-order chi connectivity index (χ0) is 17.0. The van der Waals surface area contributed by atoms with Gasteiger partial charge < -0.3 is 14.2 Å². The molecule has 2 aromatic carbocycles. The summed E-state index contributed by atoms with van der Waals surface area (Å²) in [7, 11) is 1.91. The Balaban J connectivity index is 1.86. The Bertz CT molecular complexity index is 643. The van der Waals surface area contributed by atoms with E-state index < -0.39 is 16.9 Å². The van der Waals surface area contributed by atoms with Crippen LogP contribution in [0.5, 0.6) is 11.5 Å². The second-order valence-corrected chi connectivity index (χ2v) is 6.55. The molecule has 24 heavy (non-hydrogen) atoms. The summed E-state index contributed by atoms with van der Waals surface area (Å²) < 4.78 is 17.6. The highest BCUT2D eigenvalue weighted by atomic mass is 35.5. The van der Waals surface area contributed by atoms with E-state index in [0.29, 0.717) is 18.1 Å². The first-order valence-electron chi connectivity index (χ1n) is 7.70. The van der Waals surface area contributed by atoms with Crippen molar-refractivity contribution >= 4 is 23.2 Å². The first kappa shape index (κ1) is 17.4. The second kappa shape index (κ2) is 7.62. The highest BCUT2D eigenvalue weighted by Gasteiger charge is 2.52. The third-order valence-electron chi connectivity index (χ3n) is 3.77. The zero-order valence-electron chi connectivity index (χ0n) is 13.3. The fourth-order valence-electron chi connectivity index (χ4n) is 2.54.